The number of nitrogens with one attached hydrogen (secondary N) is 1. The maximum atomic E-state index is 13.3. The van der Waals surface area contributed by atoms with Crippen LogP contribution in [0.15, 0.2) is 48.8 Å². The molecule has 138 valence electrons. The molecule has 0 aliphatic carbocycles. The summed E-state index contributed by atoms with van der Waals surface area (Å²) in [6.07, 6.45) is 3.89. The Hall–Kier alpha value is -3.13. The second kappa shape index (κ2) is 8.50. The number of carbonyl (C=O) groups is 2. The van der Waals surface area contributed by atoms with Crippen LogP contribution in [0.25, 0.3) is 0 Å². The fraction of sp³-hybridized carbons (Fsp3) is 0.158. The summed E-state index contributed by atoms with van der Waals surface area (Å²) in [6, 6.07) is 9.09. The number of thiazole rings is 1. The zero-order valence-electron chi connectivity index (χ0n) is 14.6. The number of anilines is 1. The monoisotopic (exact) mass is 384 g/mol. The van der Waals surface area contributed by atoms with Crippen LogP contribution in [0.5, 0.6) is 0 Å². The third kappa shape index (κ3) is 4.95. The standard InChI is InChI=1S/C19H17FN4O2S/c1-13-21-9-17(27-13)10-23-19(26)18-6-5-14(8-22-18)11-24(12-25)16-4-2-3-15(20)7-16/h2-9,12H,10-11H2,1H3,(H,23,26). The van der Waals surface area contributed by atoms with Gasteiger partial charge in [-0.2, -0.15) is 0 Å². The van der Waals surface area contributed by atoms with Crippen molar-refractivity contribution in [3.63, 3.8) is 0 Å². The van der Waals surface area contributed by atoms with Crippen molar-refractivity contribution in [3.05, 3.63) is 75.8 Å². The Balaban J connectivity index is 1.62. The Bertz CT molecular complexity index is 943. The van der Waals surface area contributed by atoms with E-state index in [0.717, 1.165) is 15.4 Å². The maximum Gasteiger partial charge on any atom is 0.270 e. The van der Waals surface area contributed by atoms with Gasteiger partial charge in [0.15, 0.2) is 0 Å². The molecule has 2 amide bonds. The van der Waals surface area contributed by atoms with Crippen molar-refractivity contribution in [2.24, 2.45) is 0 Å². The highest BCUT2D eigenvalue weighted by atomic mass is 32.1. The van der Waals surface area contributed by atoms with Crippen molar-refractivity contribution in [1.82, 2.24) is 15.3 Å². The molecule has 0 aliphatic heterocycles. The van der Waals surface area contributed by atoms with E-state index < -0.39 is 5.82 Å². The molecule has 8 heteroatoms. The highest BCUT2D eigenvalue weighted by Gasteiger charge is 2.11. The van der Waals surface area contributed by atoms with Crippen LogP contribution in [-0.4, -0.2) is 22.3 Å². The van der Waals surface area contributed by atoms with Crippen LogP contribution in [-0.2, 0) is 17.9 Å². The van der Waals surface area contributed by atoms with Crippen molar-refractivity contribution in [2.75, 3.05) is 4.90 Å². The van der Waals surface area contributed by atoms with Gasteiger partial charge in [-0.3, -0.25) is 14.6 Å². The Morgan fingerprint density at radius 3 is 2.74 bits per heavy atom. The molecule has 0 unspecified atom stereocenters. The molecule has 0 bridgehead atoms. The number of carbonyl (C=O) groups excluding carboxylic acids is 2. The van der Waals surface area contributed by atoms with E-state index in [0.29, 0.717) is 18.6 Å². The predicted molar refractivity (Wildman–Crippen MR) is 101 cm³/mol. The minimum absolute atomic E-state index is 0.224. The van der Waals surface area contributed by atoms with Crippen molar-refractivity contribution in [1.29, 1.82) is 0 Å². The van der Waals surface area contributed by atoms with Crippen LogP contribution in [0.1, 0.15) is 25.9 Å². The molecule has 0 radical (unpaired) electrons. The van der Waals surface area contributed by atoms with Gasteiger partial charge in [-0.15, -0.1) is 11.3 Å². The third-order valence-corrected chi connectivity index (χ3v) is 4.68. The van der Waals surface area contributed by atoms with Gasteiger partial charge in [0, 0.05) is 23.0 Å². The lowest BCUT2D eigenvalue weighted by atomic mass is 10.2. The number of amides is 2. The molecule has 1 aromatic carbocycles. The lowest BCUT2D eigenvalue weighted by Crippen LogP contribution is -2.24. The summed E-state index contributed by atoms with van der Waals surface area (Å²) >= 11 is 1.52. The number of nitrogens with zero attached hydrogens (tertiary/aromatic N) is 3. The number of hydrogen-bond acceptors (Lipinski definition) is 5. The summed E-state index contributed by atoms with van der Waals surface area (Å²) in [5.41, 5.74) is 1.45. The molecule has 0 atom stereocenters. The first-order valence-electron chi connectivity index (χ1n) is 8.17. The molecular weight excluding hydrogens is 367 g/mol. The summed E-state index contributed by atoms with van der Waals surface area (Å²) < 4.78 is 13.3. The topological polar surface area (TPSA) is 75.2 Å². The van der Waals surface area contributed by atoms with Gasteiger partial charge >= 0.3 is 0 Å². The first-order valence-corrected chi connectivity index (χ1v) is 8.99. The Morgan fingerprint density at radius 1 is 1.26 bits per heavy atom. The van der Waals surface area contributed by atoms with Crippen molar-refractivity contribution in [2.45, 2.75) is 20.0 Å². The fourth-order valence-corrected chi connectivity index (χ4v) is 3.17. The van der Waals surface area contributed by atoms with Crippen molar-refractivity contribution >= 4 is 29.3 Å². The smallest absolute Gasteiger partial charge is 0.270 e. The van der Waals surface area contributed by atoms with E-state index in [-0.39, 0.29) is 18.1 Å². The maximum absolute atomic E-state index is 13.3. The van der Waals surface area contributed by atoms with E-state index in [4.69, 9.17) is 0 Å². The summed E-state index contributed by atoms with van der Waals surface area (Å²) in [7, 11) is 0. The highest BCUT2D eigenvalue weighted by Crippen LogP contribution is 2.17. The average molecular weight is 384 g/mol. The van der Waals surface area contributed by atoms with Crippen LogP contribution < -0.4 is 10.2 Å². The molecule has 2 heterocycles. The van der Waals surface area contributed by atoms with Crippen LogP contribution in [0.3, 0.4) is 0 Å². The molecule has 0 saturated heterocycles. The number of aromatic nitrogens is 2. The van der Waals surface area contributed by atoms with E-state index in [1.54, 1.807) is 24.4 Å². The lowest BCUT2D eigenvalue weighted by Gasteiger charge is -2.17. The highest BCUT2D eigenvalue weighted by molar-refractivity contribution is 7.11. The molecule has 3 aromatic rings. The second-order valence-electron chi connectivity index (χ2n) is 5.79. The molecule has 0 spiro atoms. The predicted octanol–water partition coefficient (Wildman–Crippen LogP) is 3.08. The van der Waals surface area contributed by atoms with Crippen molar-refractivity contribution in [3.8, 4) is 0 Å². The number of benzene rings is 1. The molecule has 6 nitrogen and oxygen atoms in total. The van der Waals surface area contributed by atoms with Crippen LogP contribution >= 0.6 is 11.3 Å². The lowest BCUT2D eigenvalue weighted by molar-refractivity contribution is -0.107. The number of halogens is 1. The number of rotatable bonds is 7. The zero-order chi connectivity index (χ0) is 19.2. The zero-order valence-corrected chi connectivity index (χ0v) is 15.4. The second-order valence-corrected chi connectivity index (χ2v) is 7.11. The Labute approximate surface area is 159 Å². The number of aryl methyl sites for hydroxylation is 1. The third-order valence-electron chi connectivity index (χ3n) is 3.77. The van der Waals surface area contributed by atoms with E-state index in [2.05, 4.69) is 15.3 Å². The van der Waals surface area contributed by atoms with Crippen molar-refractivity contribution < 1.29 is 14.0 Å². The number of hydrogen-bond donors (Lipinski definition) is 1. The van der Waals surface area contributed by atoms with Crippen LogP contribution in [0.2, 0.25) is 0 Å². The van der Waals surface area contributed by atoms with E-state index in [1.165, 1.54) is 40.6 Å². The summed E-state index contributed by atoms with van der Waals surface area (Å²) in [5.74, 6) is -0.703. The largest absolute Gasteiger partial charge is 0.346 e. The van der Waals surface area contributed by atoms with Gasteiger partial charge in [0.1, 0.15) is 11.5 Å². The summed E-state index contributed by atoms with van der Waals surface area (Å²) in [5, 5.41) is 3.74. The minimum Gasteiger partial charge on any atom is -0.346 e. The minimum atomic E-state index is -0.416. The molecular formula is C19H17FN4O2S. The van der Waals surface area contributed by atoms with E-state index >= 15 is 0 Å². The quantitative estimate of drug-likeness (QED) is 0.635. The Kier molecular flexibility index (Phi) is 5.87. The van der Waals surface area contributed by atoms with Gasteiger partial charge in [0.25, 0.3) is 5.91 Å². The molecule has 0 saturated carbocycles. The first kappa shape index (κ1) is 18.7. The molecule has 0 fully saturated rings. The average Bonchev–Trinajstić information content (AvgIpc) is 3.10. The van der Waals surface area contributed by atoms with Gasteiger partial charge in [-0.05, 0) is 36.8 Å². The van der Waals surface area contributed by atoms with Gasteiger partial charge in [0.2, 0.25) is 6.41 Å². The van der Waals surface area contributed by atoms with Gasteiger partial charge in [-0.25, -0.2) is 9.37 Å². The van der Waals surface area contributed by atoms with Crippen LogP contribution in [0.4, 0.5) is 10.1 Å². The van der Waals surface area contributed by atoms with Gasteiger partial charge in [-0.1, -0.05) is 12.1 Å². The molecule has 1 N–H and O–H groups in total. The van der Waals surface area contributed by atoms with E-state index in [1.807, 2.05) is 6.92 Å². The molecule has 3 rings (SSSR count). The van der Waals surface area contributed by atoms with Gasteiger partial charge < -0.3 is 10.2 Å². The summed E-state index contributed by atoms with van der Waals surface area (Å²) in [4.78, 5) is 34.1. The normalized spacial score (nSPS) is 10.4. The van der Waals surface area contributed by atoms with E-state index in [9.17, 15) is 14.0 Å². The SMILES string of the molecule is Cc1ncc(CNC(=O)c2ccc(CN(C=O)c3cccc(F)c3)cn2)s1. The molecule has 27 heavy (non-hydrogen) atoms. The first-order chi connectivity index (χ1) is 13.0. The molecule has 0 aliphatic rings. The van der Waals surface area contributed by atoms with Crippen LogP contribution in [0, 0.1) is 12.7 Å². The summed E-state index contributed by atoms with van der Waals surface area (Å²) in [6.45, 7) is 2.52. The van der Waals surface area contributed by atoms with Gasteiger partial charge in [0.05, 0.1) is 18.1 Å². The number of pyridine rings is 1. The Morgan fingerprint density at radius 2 is 2.11 bits per heavy atom. The molecule has 2 aromatic heterocycles. The fourth-order valence-electron chi connectivity index (χ4n) is 2.44.